The second-order valence-electron chi connectivity index (χ2n) is 4.50. The topological polar surface area (TPSA) is 50.1 Å². The third kappa shape index (κ3) is 2.21. The Morgan fingerprint density at radius 2 is 2.40 bits per heavy atom. The molecule has 2 rings (SSSR count). The van der Waals surface area contributed by atoms with Crippen LogP contribution in [-0.2, 0) is 0 Å². The zero-order chi connectivity index (χ0) is 10.8. The van der Waals surface area contributed by atoms with Crippen molar-refractivity contribution in [3.8, 4) is 0 Å². The van der Waals surface area contributed by atoms with Gasteiger partial charge in [0.2, 0.25) is 0 Å². The van der Waals surface area contributed by atoms with Gasteiger partial charge in [-0.05, 0) is 33.2 Å². The fourth-order valence-corrected chi connectivity index (χ4v) is 2.00. The molecule has 0 radical (unpaired) electrons. The van der Waals surface area contributed by atoms with E-state index in [4.69, 9.17) is 0 Å². The zero-order valence-corrected chi connectivity index (χ0v) is 9.35. The number of nitrogens with zero attached hydrogens (tertiary/aromatic N) is 2. The molecular formula is C11H19N3O. The zero-order valence-electron chi connectivity index (χ0n) is 9.35. The number of hydrogen-bond acceptors (Lipinski definition) is 3. The van der Waals surface area contributed by atoms with Gasteiger partial charge in [-0.15, -0.1) is 0 Å². The summed E-state index contributed by atoms with van der Waals surface area (Å²) in [5.41, 5.74) is 0.920. The van der Waals surface area contributed by atoms with Crippen LogP contribution in [0.2, 0.25) is 0 Å². The van der Waals surface area contributed by atoms with Gasteiger partial charge in [0.15, 0.2) is 0 Å². The van der Waals surface area contributed by atoms with Gasteiger partial charge in [-0.1, -0.05) is 0 Å². The van der Waals surface area contributed by atoms with Crippen LogP contribution in [-0.4, -0.2) is 27.5 Å². The number of hydrogen-bond donors (Lipinski definition) is 2. The van der Waals surface area contributed by atoms with Crippen molar-refractivity contribution in [2.45, 2.75) is 44.9 Å². The normalized spacial score (nSPS) is 23.6. The third-order valence-corrected chi connectivity index (χ3v) is 2.97. The molecule has 0 bridgehead atoms. The van der Waals surface area contributed by atoms with Crippen molar-refractivity contribution in [3.63, 3.8) is 0 Å². The third-order valence-electron chi connectivity index (χ3n) is 2.97. The summed E-state index contributed by atoms with van der Waals surface area (Å²) < 4.78 is 1.88. The molecule has 84 valence electrons. The molecule has 0 aliphatic carbocycles. The summed E-state index contributed by atoms with van der Waals surface area (Å²) in [7, 11) is 0. The maximum absolute atomic E-state index is 10.1. The van der Waals surface area contributed by atoms with E-state index in [-0.39, 0.29) is 6.04 Å². The average Bonchev–Trinajstić information content (AvgIpc) is 2.88. The standard InChI is InChI=1S/C11H19N3O/c1-8(2)14-7-9(6-13-14)11(15)10-4-3-5-12-10/h6-8,10-12,15H,3-5H2,1-2H3. The van der Waals surface area contributed by atoms with E-state index >= 15 is 0 Å². The molecule has 1 aliphatic rings. The molecule has 2 atom stereocenters. The quantitative estimate of drug-likeness (QED) is 0.787. The minimum Gasteiger partial charge on any atom is -0.387 e. The van der Waals surface area contributed by atoms with Gasteiger partial charge >= 0.3 is 0 Å². The van der Waals surface area contributed by atoms with E-state index in [2.05, 4.69) is 24.3 Å². The summed E-state index contributed by atoms with van der Waals surface area (Å²) in [6, 6.07) is 0.553. The molecule has 4 heteroatoms. The Morgan fingerprint density at radius 1 is 1.60 bits per heavy atom. The predicted molar refractivity (Wildman–Crippen MR) is 58.6 cm³/mol. The summed E-state index contributed by atoms with van der Waals surface area (Å²) in [6.07, 6.45) is 5.49. The first-order chi connectivity index (χ1) is 7.18. The maximum Gasteiger partial charge on any atom is 0.0973 e. The van der Waals surface area contributed by atoms with E-state index in [9.17, 15) is 5.11 Å². The van der Waals surface area contributed by atoms with Crippen molar-refractivity contribution < 1.29 is 5.11 Å². The molecule has 0 amide bonds. The summed E-state index contributed by atoms with van der Waals surface area (Å²) >= 11 is 0. The Bertz CT molecular complexity index is 315. The van der Waals surface area contributed by atoms with Crippen molar-refractivity contribution in [2.24, 2.45) is 0 Å². The second-order valence-corrected chi connectivity index (χ2v) is 4.50. The smallest absolute Gasteiger partial charge is 0.0973 e. The first-order valence-electron chi connectivity index (χ1n) is 5.64. The summed E-state index contributed by atoms with van der Waals surface area (Å²) in [6.45, 7) is 5.17. The number of aliphatic hydroxyl groups is 1. The van der Waals surface area contributed by atoms with Gasteiger partial charge in [0.05, 0.1) is 12.3 Å². The molecule has 1 aliphatic heterocycles. The number of nitrogens with one attached hydrogen (secondary N) is 1. The van der Waals surface area contributed by atoms with Gasteiger partial charge in [-0.3, -0.25) is 4.68 Å². The summed E-state index contributed by atoms with van der Waals surface area (Å²) in [4.78, 5) is 0. The van der Waals surface area contributed by atoms with Gasteiger partial charge in [-0.25, -0.2) is 0 Å². The number of aromatic nitrogens is 2. The molecule has 2 heterocycles. The van der Waals surface area contributed by atoms with E-state index < -0.39 is 6.10 Å². The Hall–Kier alpha value is -0.870. The highest BCUT2D eigenvalue weighted by Gasteiger charge is 2.24. The molecule has 1 fully saturated rings. The van der Waals surface area contributed by atoms with E-state index in [1.165, 1.54) is 0 Å². The molecule has 1 aromatic heterocycles. The van der Waals surface area contributed by atoms with Crippen molar-refractivity contribution in [3.05, 3.63) is 18.0 Å². The SMILES string of the molecule is CC(C)n1cc(C(O)C2CCCN2)cn1. The van der Waals surface area contributed by atoms with Crippen LogP contribution in [0.3, 0.4) is 0 Å². The van der Waals surface area contributed by atoms with Crippen LogP contribution < -0.4 is 5.32 Å². The maximum atomic E-state index is 10.1. The number of rotatable bonds is 3. The molecule has 15 heavy (non-hydrogen) atoms. The lowest BCUT2D eigenvalue weighted by molar-refractivity contribution is 0.137. The van der Waals surface area contributed by atoms with Gasteiger partial charge in [0.1, 0.15) is 0 Å². The molecule has 0 aromatic carbocycles. The highest BCUT2D eigenvalue weighted by Crippen LogP contribution is 2.22. The average molecular weight is 209 g/mol. The van der Waals surface area contributed by atoms with E-state index in [0.29, 0.717) is 6.04 Å². The Morgan fingerprint density at radius 3 is 2.93 bits per heavy atom. The van der Waals surface area contributed by atoms with Crippen LogP contribution in [0, 0.1) is 0 Å². The minimum absolute atomic E-state index is 0.204. The van der Waals surface area contributed by atoms with Crippen LogP contribution in [0.5, 0.6) is 0 Å². The van der Waals surface area contributed by atoms with Crippen LogP contribution in [0.1, 0.15) is 44.4 Å². The highest BCUT2D eigenvalue weighted by molar-refractivity contribution is 5.11. The first kappa shape index (κ1) is 10.6. The van der Waals surface area contributed by atoms with Crippen molar-refractivity contribution in [1.29, 1.82) is 0 Å². The molecule has 2 unspecified atom stereocenters. The van der Waals surface area contributed by atoms with E-state index in [0.717, 1.165) is 24.9 Å². The Labute approximate surface area is 90.3 Å². The molecule has 1 saturated heterocycles. The highest BCUT2D eigenvalue weighted by atomic mass is 16.3. The first-order valence-corrected chi connectivity index (χ1v) is 5.64. The Kier molecular flexibility index (Phi) is 3.07. The van der Waals surface area contributed by atoms with Gasteiger partial charge < -0.3 is 10.4 Å². The fourth-order valence-electron chi connectivity index (χ4n) is 2.00. The van der Waals surface area contributed by atoms with Gasteiger partial charge in [-0.2, -0.15) is 5.10 Å². The lowest BCUT2D eigenvalue weighted by Gasteiger charge is -2.16. The van der Waals surface area contributed by atoms with Crippen LogP contribution in [0.25, 0.3) is 0 Å². The van der Waals surface area contributed by atoms with Crippen molar-refractivity contribution in [1.82, 2.24) is 15.1 Å². The lowest BCUT2D eigenvalue weighted by Crippen LogP contribution is -2.28. The molecule has 0 spiro atoms. The Balaban J connectivity index is 2.07. The summed E-state index contributed by atoms with van der Waals surface area (Å²) in [5.74, 6) is 0. The van der Waals surface area contributed by atoms with E-state index in [1.807, 2.05) is 10.9 Å². The molecular weight excluding hydrogens is 190 g/mol. The van der Waals surface area contributed by atoms with Crippen LogP contribution in [0.4, 0.5) is 0 Å². The molecule has 4 nitrogen and oxygen atoms in total. The van der Waals surface area contributed by atoms with E-state index in [1.54, 1.807) is 6.20 Å². The van der Waals surface area contributed by atoms with Crippen LogP contribution in [0.15, 0.2) is 12.4 Å². The largest absolute Gasteiger partial charge is 0.387 e. The minimum atomic E-state index is -0.417. The van der Waals surface area contributed by atoms with Crippen LogP contribution >= 0.6 is 0 Å². The predicted octanol–water partition coefficient (Wildman–Crippen LogP) is 1.25. The molecule has 1 aromatic rings. The fraction of sp³-hybridized carbons (Fsp3) is 0.727. The van der Waals surface area contributed by atoms with Crippen molar-refractivity contribution in [2.75, 3.05) is 6.54 Å². The molecule has 2 N–H and O–H groups in total. The van der Waals surface area contributed by atoms with Crippen molar-refractivity contribution >= 4 is 0 Å². The monoisotopic (exact) mass is 209 g/mol. The second kappa shape index (κ2) is 4.33. The van der Waals surface area contributed by atoms with Gasteiger partial charge in [0.25, 0.3) is 0 Å². The number of aliphatic hydroxyl groups excluding tert-OH is 1. The summed E-state index contributed by atoms with van der Waals surface area (Å²) in [5, 5.41) is 17.6. The lowest BCUT2D eigenvalue weighted by atomic mass is 10.0. The molecule has 0 saturated carbocycles. The van der Waals surface area contributed by atoms with Gasteiger partial charge in [0, 0.05) is 23.8 Å².